The summed E-state index contributed by atoms with van der Waals surface area (Å²) in [5.74, 6) is -1.88. The first-order valence-electron chi connectivity index (χ1n) is 16.4. The second-order valence-corrected chi connectivity index (χ2v) is 11.8. The highest BCUT2D eigenvalue weighted by Gasteiger charge is 2.32. The van der Waals surface area contributed by atoms with Crippen molar-refractivity contribution in [1.29, 1.82) is 0 Å². The van der Waals surface area contributed by atoms with Gasteiger partial charge in [-0.05, 0) is 55.7 Å². The Morgan fingerprint density at radius 3 is 2.23 bits per heavy atom. The summed E-state index contributed by atoms with van der Waals surface area (Å²) in [6.45, 7) is 5.75. The van der Waals surface area contributed by atoms with Crippen molar-refractivity contribution in [2.75, 3.05) is 5.01 Å². The smallest absolute Gasteiger partial charge is 0.259 e. The van der Waals surface area contributed by atoms with Gasteiger partial charge in [0.25, 0.3) is 5.91 Å². The minimum atomic E-state index is -1.17. The number of amidine groups is 1. The maximum absolute atomic E-state index is 13.1. The van der Waals surface area contributed by atoms with E-state index in [2.05, 4.69) is 21.5 Å². The van der Waals surface area contributed by atoms with Gasteiger partial charge in [0.05, 0.1) is 11.3 Å². The number of phenolic OH excluding ortho intramolecular Hbond substituents is 2. The molecule has 0 radical (unpaired) electrons. The van der Waals surface area contributed by atoms with E-state index in [0.717, 1.165) is 36.9 Å². The molecule has 3 aromatic carbocycles. The molecule has 0 fully saturated rings. The predicted octanol–water partition coefficient (Wildman–Crippen LogP) is 4.64. The fourth-order valence-electron chi connectivity index (χ4n) is 5.34. The molecule has 3 aromatic rings. The molecule has 13 nitrogen and oxygen atoms in total. The Labute approximate surface area is 281 Å². The third kappa shape index (κ3) is 9.08. The summed E-state index contributed by atoms with van der Waals surface area (Å²) in [7, 11) is 0. The number of aliphatic imine (C=N–C) groups is 1. The molecule has 0 saturated heterocycles. The summed E-state index contributed by atoms with van der Waals surface area (Å²) < 4.78 is 0. The van der Waals surface area contributed by atoms with Gasteiger partial charge in [-0.1, -0.05) is 82.0 Å². The topological polar surface area (TPSA) is 182 Å². The highest BCUT2D eigenvalue weighted by molar-refractivity contribution is 6.12. The van der Waals surface area contributed by atoms with Crippen LogP contribution in [0.4, 0.5) is 5.69 Å². The number of aromatic hydroxyl groups is 2. The first kappa shape index (κ1) is 36.3. The zero-order valence-corrected chi connectivity index (χ0v) is 27.6. The van der Waals surface area contributed by atoms with Crippen molar-refractivity contribution >= 4 is 23.3 Å². The molecule has 48 heavy (non-hydrogen) atoms. The molecule has 0 saturated carbocycles. The number of hydrazine groups is 1. The number of rotatable bonds is 17. The van der Waals surface area contributed by atoms with Crippen LogP contribution in [0.25, 0.3) is 0 Å². The molecule has 2 amide bonds. The minimum absolute atomic E-state index is 0.0659. The molecule has 8 N–H and O–H groups in total. The van der Waals surface area contributed by atoms with E-state index < -0.39 is 36.2 Å². The summed E-state index contributed by atoms with van der Waals surface area (Å²) in [5.41, 5.74) is 8.09. The number of hydrogen-bond acceptors (Lipinski definition) is 11. The number of carbonyl (C=O) groups excluding carboxylic acids is 2. The quantitative estimate of drug-likeness (QED) is 0.0439. The van der Waals surface area contributed by atoms with Crippen molar-refractivity contribution in [2.45, 2.75) is 84.3 Å². The third-order valence-corrected chi connectivity index (χ3v) is 8.26. The van der Waals surface area contributed by atoms with Crippen LogP contribution < -0.4 is 26.5 Å². The molecule has 4 atom stereocenters. The molecule has 258 valence electrons. The van der Waals surface area contributed by atoms with Crippen LogP contribution in [-0.4, -0.2) is 55.7 Å². The van der Waals surface area contributed by atoms with Crippen LogP contribution in [0.3, 0.4) is 0 Å². The number of benzene rings is 3. The normalized spacial score (nSPS) is 16.2. The summed E-state index contributed by atoms with van der Waals surface area (Å²) in [5, 5.41) is 49.6. The first-order valence-corrected chi connectivity index (χ1v) is 16.4. The fourth-order valence-corrected chi connectivity index (χ4v) is 5.34. The van der Waals surface area contributed by atoms with Gasteiger partial charge in [0.2, 0.25) is 5.91 Å². The van der Waals surface area contributed by atoms with Crippen LogP contribution in [0.1, 0.15) is 82.2 Å². The summed E-state index contributed by atoms with van der Waals surface area (Å²) in [6, 6.07) is 21.4. The SMILES string of the molecule is CCCCC(NO)NC(=O)C(C)C(=O)N(O)C(CCCC)NCc1ccc(N2NC(c3ccccc3O)N=C2c2ccccc2O)cc1. The average molecular weight is 662 g/mol. The molecule has 4 unspecified atom stereocenters. The van der Waals surface area contributed by atoms with E-state index in [1.165, 1.54) is 6.92 Å². The second kappa shape index (κ2) is 17.6. The number of phenols is 2. The number of carbonyl (C=O) groups is 2. The van der Waals surface area contributed by atoms with Gasteiger partial charge in [-0.3, -0.25) is 25.1 Å². The third-order valence-electron chi connectivity index (χ3n) is 8.26. The lowest BCUT2D eigenvalue weighted by atomic mass is 10.1. The Morgan fingerprint density at radius 2 is 1.58 bits per heavy atom. The number of nitrogens with one attached hydrogen (secondary N) is 4. The van der Waals surface area contributed by atoms with Crippen LogP contribution in [0.15, 0.2) is 77.8 Å². The number of nitrogens with zero attached hydrogens (tertiary/aromatic N) is 3. The van der Waals surface area contributed by atoms with Crippen molar-refractivity contribution in [3.8, 4) is 11.5 Å². The number of amides is 2. The molecule has 1 heterocycles. The van der Waals surface area contributed by atoms with Crippen LogP contribution in [0.5, 0.6) is 11.5 Å². The summed E-state index contributed by atoms with van der Waals surface area (Å²) >= 11 is 0. The lowest BCUT2D eigenvalue weighted by molar-refractivity contribution is -0.185. The van der Waals surface area contributed by atoms with Gasteiger partial charge in [-0.2, -0.15) is 10.9 Å². The number of hydrogen-bond donors (Lipinski definition) is 8. The van der Waals surface area contributed by atoms with Crippen molar-refractivity contribution in [2.24, 2.45) is 10.9 Å². The number of anilines is 1. The lowest BCUT2D eigenvalue weighted by Gasteiger charge is -2.29. The molecule has 0 spiro atoms. The zero-order valence-electron chi connectivity index (χ0n) is 27.6. The maximum Gasteiger partial charge on any atom is 0.259 e. The highest BCUT2D eigenvalue weighted by Crippen LogP contribution is 2.33. The standard InChI is InChI=1S/C35H47N7O6/c1-4-6-16-30(40-47)37-34(45)23(3)35(46)42(48)31(17-7-5-2)36-22-24-18-20-25(21-19-24)41-33(27-13-9-11-15-29(27)44)38-32(39-41)26-12-8-10-14-28(26)43/h8-15,18-21,23,30-32,36,39-40,43-44,47-48H,4-7,16-17,22H2,1-3H3,(H,37,45). The van der Waals surface area contributed by atoms with Gasteiger partial charge in [0, 0.05) is 12.1 Å². The van der Waals surface area contributed by atoms with Gasteiger partial charge in [0.15, 0.2) is 5.84 Å². The summed E-state index contributed by atoms with van der Waals surface area (Å²) in [4.78, 5) is 30.7. The zero-order chi connectivity index (χ0) is 34.6. The largest absolute Gasteiger partial charge is 0.508 e. The lowest BCUT2D eigenvalue weighted by Crippen LogP contribution is -2.53. The Morgan fingerprint density at radius 1 is 0.938 bits per heavy atom. The van der Waals surface area contributed by atoms with Crippen LogP contribution >= 0.6 is 0 Å². The van der Waals surface area contributed by atoms with Crippen molar-refractivity contribution < 1.29 is 30.2 Å². The number of hydroxylamine groups is 3. The summed E-state index contributed by atoms with van der Waals surface area (Å²) in [6.07, 6.45) is 2.17. The van der Waals surface area contributed by atoms with Gasteiger partial charge in [-0.15, -0.1) is 0 Å². The monoisotopic (exact) mass is 661 g/mol. The number of unbranched alkanes of at least 4 members (excludes halogenated alkanes) is 2. The fraction of sp³-hybridized carbons (Fsp3) is 0.400. The predicted molar refractivity (Wildman–Crippen MR) is 182 cm³/mol. The molecule has 0 aromatic heterocycles. The Bertz CT molecular complexity index is 1540. The minimum Gasteiger partial charge on any atom is -0.508 e. The number of para-hydroxylation sites is 2. The molecule has 4 rings (SSSR count). The molecule has 0 bridgehead atoms. The Kier molecular flexibility index (Phi) is 13.3. The van der Waals surface area contributed by atoms with E-state index in [0.29, 0.717) is 41.4 Å². The van der Waals surface area contributed by atoms with Gasteiger partial charge in [0.1, 0.15) is 35.9 Å². The molecule has 1 aliphatic rings. The molecular formula is C35H47N7O6. The second-order valence-electron chi connectivity index (χ2n) is 11.8. The molecule has 1 aliphatic heterocycles. The average Bonchev–Trinajstić information content (AvgIpc) is 3.54. The highest BCUT2D eigenvalue weighted by atomic mass is 16.5. The van der Waals surface area contributed by atoms with Crippen LogP contribution in [-0.2, 0) is 16.1 Å². The van der Waals surface area contributed by atoms with Crippen molar-refractivity contribution in [1.82, 2.24) is 26.6 Å². The van der Waals surface area contributed by atoms with E-state index in [-0.39, 0.29) is 11.5 Å². The molecule has 0 aliphatic carbocycles. The first-order chi connectivity index (χ1) is 23.2. The van der Waals surface area contributed by atoms with Crippen LogP contribution in [0.2, 0.25) is 0 Å². The maximum atomic E-state index is 13.1. The van der Waals surface area contributed by atoms with Crippen LogP contribution in [0, 0.1) is 5.92 Å². The van der Waals surface area contributed by atoms with E-state index in [4.69, 9.17) is 4.99 Å². The van der Waals surface area contributed by atoms with Crippen molar-refractivity contribution in [3.63, 3.8) is 0 Å². The van der Waals surface area contributed by atoms with Crippen molar-refractivity contribution in [3.05, 3.63) is 89.5 Å². The van der Waals surface area contributed by atoms with Gasteiger partial charge < -0.3 is 20.7 Å². The van der Waals surface area contributed by atoms with E-state index >= 15 is 0 Å². The van der Waals surface area contributed by atoms with Gasteiger partial charge >= 0.3 is 0 Å². The van der Waals surface area contributed by atoms with Gasteiger partial charge in [-0.25, -0.2) is 10.1 Å². The van der Waals surface area contributed by atoms with E-state index in [1.54, 1.807) is 41.4 Å². The Hall–Kier alpha value is -4.53. The molecule has 13 heteroatoms. The van der Waals surface area contributed by atoms with E-state index in [1.807, 2.05) is 50.2 Å². The Balaban J connectivity index is 1.45. The molecular weight excluding hydrogens is 614 g/mol. The van der Waals surface area contributed by atoms with E-state index in [9.17, 15) is 30.2 Å².